The van der Waals surface area contributed by atoms with Gasteiger partial charge in [-0.2, -0.15) is 0 Å². The zero-order valence-electron chi connectivity index (χ0n) is 12.8. The second-order valence-electron chi connectivity index (χ2n) is 6.01. The van der Waals surface area contributed by atoms with E-state index >= 15 is 0 Å². The third-order valence-electron chi connectivity index (χ3n) is 4.54. The number of halogens is 1. The van der Waals surface area contributed by atoms with E-state index < -0.39 is 0 Å². The molecule has 1 fully saturated rings. The number of carbonyl (C=O) groups excluding carboxylic acids is 1. The van der Waals surface area contributed by atoms with Crippen molar-refractivity contribution in [2.45, 2.75) is 37.6 Å². The smallest absolute Gasteiger partial charge is 0.270 e. The minimum atomic E-state index is -0.130. The summed E-state index contributed by atoms with van der Waals surface area (Å²) in [6, 6.07) is 8.00. The standard InChI is InChI=1S/C17H20ClN3OS/c18-13-5-3-4-12(8-13)17(6-1-2-7-17)11-20-16(22)14-10-23-15(9-19)21-14/h3-5,8,10H,1-2,6-7,9,11,19H2,(H,20,22). The number of amides is 1. The highest BCUT2D eigenvalue weighted by molar-refractivity contribution is 7.09. The topological polar surface area (TPSA) is 68.0 Å². The minimum Gasteiger partial charge on any atom is -0.350 e. The summed E-state index contributed by atoms with van der Waals surface area (Å²) in [6.07, 6.45) is 4.49. The summed E-state index contributed by atoms with van der Waals surface area (Å²) < 4.78 is 0. The van der Waals surface area contributed by atoms with Gasteiger partial charge >= 0.3 is 0 Å². The van der Waals surface area contributed by atoms with Crippen molar-refractivity contribution in [2.75, 3.05) is 6.54 Å². The van der Waals surface area contributed by atoms with Gasteiger partial charge in [0.15, 0.2) is 0 Å². The third-order valence-corrected chi connectivity index (χ3v) is 5.65. The van der Waals surface area contributed by atoms with Crippen LogP contribution in [0.25, 0.3) is 0 Å². The van der Waals surface area contributed by atoms with E-state index in [1.807, 2.05) is 18.2 Å². The van der Waals surface area contributed by atoms with E-state index in [0.29, 0.717) is 18.8 Å². The van der Waals surface area contributed by atoms with E-state index in [2.05, 4.69) is 16.4 Å². The number of hydrogen-bond acceptors (Lipinski definition) is 4. The molecule has 1 saturated carbocycles. The highest BCUT2D eigenvalue weighted by Crippen LogP contribution is 2.41. The molecule has 1 amide bonds. The van der Waals surface area contributed by atoms with Gasteiger partial charge in [0.2, 0.25) is 0 Å². The number of nitrogens with two attached hydrogens (primary N) is 1. The van der Waals surface area contributed by atoms with Crippen molar-refractivity contribution < 1.29 is 4.79 Å². The lowest BCUT2D eigenvalue weighted by Crippen LogP contribution is -2.39. The minimum absolute atomic E-state index is 0.0206. The molecular weight excluding hydrogens is 330 g/mol. The molecule has 0 aliphatic heterocycles. The highest BCUT2D eigenvalue weighted by Gasteiger charge is 2.36. The molecule has 0 radical (unpaired) electrons. The van der Waals surface area contributed by atoms with Crippen LogP contribution < -0.4 is 11.1 Å². The molecule has 1 aliphatic rings. The molecule has 1 heterocycles. The van der Waals surface area contributed by atoms with Crippen LogP contribution in [0.4, 0.5) is 0 Å². The molecule has 0 unspecified atom stereocenters. The summed E-state index contributed by atoms with van der Waals surface area (Å²) in [4.78, 5) is 16.6. The summed E-state index contributed by atoms with van der Waals surface area (Å²) in [5.41, 5.74) is 7.20. The number of rotatable bonds is 5. The molecule has 3 rings (SSSR count). The fraction of sp³-hybridized carbons (Fsp3) is 0.412. The fourth-order valence-electron chi connectivity index (χ4n) is 3.29. The van der Waals surface area contributed by atoms with Crippen molar-refractivity contribution in [1.29, 1.82) is 0 Å². The summed E-state index contributed by atoms with van der Waals surface area (Å²) >= 11 is 7.57. The van der Waals surface area contributed by atoms with Crippen molar-refractivity contribution in [3.8, 4) is 0 Å². The molecule has 1 aliphatic carbocycles. The second-order valence-corrected chi connectivity index (χ2v) is 7.39. The van der Waals surface area contributed by atoms with Gasteiger partial charge in [0.1, 0.15) is 10.7 Å². The lowest BCUT2D eigenvalue weighted by molar-refractivity contribution is 0.0938. The Labute approximate surface area is 145 Å². The van der Waals surface area contributed by atoms with E-state index in [0.717, 1.165) is 22.9 Å². The molecule has 4 nitrogen and oxygen atoms in total. The van der Waals surface area contributed by atoms with Gasteiger partial charge in [0.05, 0.1) is 0 Å². The van der Waals surface area contributed by atoms with Crippen molar-refractivity contribution in [1.82, 2.24) is 10.3 Å². The van der Waals surface area contributed by atoms with Crippen molar-refractivity contribution in [3.05, 3.63) is 50.9 Å². The Morgan fingerprint density at radius 3 is 2.83 bits per heavy atom. The maximum atomic E-state index is 12.3. The SMILES string of the molecule is NCc1nc(C(=O)NCC2(c3cccc(Cl)c3)CCCC2)cs1. The molecule has 2 aromatic rings. The normalized spacial score (nSPS) is 16.4. The highest BCUT2D eigenvalue weighted by atomic mass is 35.5. The lowest BCUT2D eigenvalue weighted by Gasteiger charge is -2.30. The first-order chi connectivity index (χ1) is 11.1. The van der Waals surface area contributed by atoms with Gasteiger partial charge < -0.3 is 11.1 Å². The molecule has 23 heavy (non-hydrogen) atoms. The molecule has 0 atom stereocenters. The first-order valence-corrected chi connectivity index (χ1v) is 9.07. The van der Waals surface area contributed by atoms with Crippen LogP contribution in [-0.4, -0.2) is 17.4 Å². The molecule has 122 valence electrons. The predicted octanol–water partition coefficient (Wildman–Crippen LogP) is 3.50. The van der Waals surface area contributed by atoms with E-state index in [1.165, 1.54) is 29.7 Å². The van der Waals surface area contributed by atoms with Crippen molar-refractivity contribution in [3.63, 3.8) is 0 Å². The van der Waals surface area contributed by atoms with Crippen LogP contribution in [-0.2, 0) is 12.0 Å². The predicted molar refractivity (Wildman–Crippen MR) is 93.9 cm³/mol. The van der Waals surface area contributed by atoms with E-state index in [9.17, 15) is 4.79 Å². The maximum absolute atomic E-state index is 12.3. The first kappa shape index (κ1) is 16.4. The molecule has 3 N–H and O–H groups in total. The Bertz CT molecular complexity index is 695. The Balaban J connectivity index is 1.74. The van der Waals surface area contributed by atoms with E-state index in [4.69, 9.17) is 17.3 Å². The number of benzene rings is 1. The van der Waals surface area contributed by atoms with Gasteiger partial charge in [-0.3, -0.25) is 4.79 Å². The number of carbonyl (C=O) groups is 1. The van der Waals surface area contributed by atoms with Crippen LogP contribution in [0, 0.1) is 0 Å². The van der Waals surface area contributed by atoms with Gasteiger partial charge in [0, 0.05) is 28.9 Å². The Kier molecular flexibility index (Phi) is 4.99. The number of aromatic nitrogens is 1. The average molecular weight is 350 g/mol. The van der Waals surface area contributed by atoms with E-state index in [1.54, 1.807) is 5.38 Å². The van der Waals surface area contributed by atoms with Crippen LogP contribution in [0.2, 0.25) is 5.02 Å². The van der Waals surface area contributed by atoms with Crippen LogP contribution in [0.15, 0.2) is 29.6 Å². The Hall–Kier alpha value is -1.43. The zero-order chi connectivity index (χ0) is 16.3. The number of thiazole rings is 1. The second kappa shape index (κ2) is 6.99. The number of hydrogen-bond donors (Lipinski definition) is 2. The monoisotopic (exact) mass is 349 g/mol. The van der Waals surface area contributed by atoms with Gasteiger partial charge in [-0.05, 0) is 30.5 Å². The number of nitrogens with one attached hydrogen (secondary N) is 1. The molecule has 1 aromatic heterocycles. The summed E-state index contributed by atoms with van der Waals surface area (Å²) in [7, 11) is 0. The van der Waals surface area contributed by atoms with Gasteiger partial charge in [-0.15, -0.1) is 11.3 Å². The average Bonchev–Trinajstić information content (AvgIpc) is 3.23. The summed E-state index contributed by atoms with van der Waals surface area (Å²) in [5.74, 6) is -0.130. The number of nitrogens with zero attached hydrogens (tertiary/aromatic N) is 1. The van der Waals surface area contributed by atoms with Gasteiger partial charge in [-0.25, -0.2) is 4.98 Å². The largest absolute Gasteiger partial charge is 0.350 e. The fourth-order valence-corrected chi connectivity index (χ4v) is 4.13. The van der Waals surface area contributed by atoms with Crippen LogP contribution in [0.5, 0.6) is 0 Å². The molecule has 6 heteroatoms. The maximum Gasteiger partial charge on any atom is 0.270 e. The quantitative estimate of drug-likeness (QED) is 0.868. The van der Waals surface area contributed by atoms with Crippen molar-refractivity contribution in [2.24, 2.45) is 5.73 Å². The van der Waals surface area contributed by atoms with Crippen molar-refractivity contribution >= 4 is 28.8 Å². The molecule has 0 saturated heterocycles. The summed E-state index contributed by atoms with van der Waals surface area (Å²) in [6.45, 7) is 0.978. The molecule has 0 spiro atoms. The summed E-state index contributed by atoms with van der Waals surface area (Å²) in [5, 5.41) is 6.34. The van der Waals surface area contributed by atoms with Crippen LogP contribution >= 0.6 is 22.9 Å². The molecule has 0 bridgehead atoms. The zero-order valence-corrected chi connectivity index (χ0v) is 14.4. The van der Waals surface area contributed by atoms with Gasteiger partial charge in [-0.1, -0.05) is 36.6 Å². The van der Waals surface area contributed by atoms with E-state index in [-0.39, 0.29) is 11.3 Å². The Morgan fingerprint density at radius 1 is 1.39 bits per heavy atom. The molecular formula is C17H20ClN3OS. The Morgan fingerprint density at radius 2 is 2.17 bits per heavy atom. The molecule has 1 aromatic carbocycles. The lowest BCUT2D eigenvalue weighted by atomic mass is 9.79. The third kappa shape index (κ3) is 3.57. The van der Waals surface area contributed by atoms with Crippen LogP contribution in [0.3, 0.4) is 0 Å². The van der Waals surface area contributed by atoms with Gasteiger partial charge in [0.25, 0.3) is 5.91 Å². The van der Waals surface area contributed by atoms with Crippen LogP contribution in [0.1, 0.15) is 46.7 Å². The first-order valence-electron chi connectivity index (χ1n) is 7.82.